The van der Waals surface area contributed by atoms with Crippen molar-refractivity contribution in [2.45, 2.75) is 0 Å². The molecule has 0 unspecified atom stereocenters. The van der Waals surface area contributed by atoms with Gasteiger partial charge in [0.25, 0.3) is 11.5 Å². The second-order valence-electron chi connectivity index (χ2n) is 4.97. The molecule has 0 bridgehead atoms. The van der Waals surface area contributed by atoms with Crippen molar-refractivity contribution in [3.8, 4) is 0 Å². The van der Waals surface area contributed by atoms with E-state index >= 15 is 0 Å². The molecule has 0 aliphatic rings. The van der Waals surface area contributed by atoms with Crippen LogP contribution in [0.3, 0.4) is 0 Å². The quantitative estimate of drug-likeness (QED) is 0.718. The Morgan fingerprint density at radius 2 is 1.71 bits per heavy atom. The lowest BCUT2D eigenvalue weighted by Crippen LogP contribution is -2.19. The van der Waals surface area contributed by atoms with Gasteiger partial charge in [-0.15, -0.1) is 0 Å². The van der Waals surface area contributed by atoms with E-state index in [1.54, 1.807) is 48.5 Å². The summed E-state index contributed by atoms with van der Waals surface area (Å²) in [5.41, 5.74) is 0.625. The van der Waals surface area contributed by atoms with E-state index in [4.69, 9.17) is 0 Å². The molecule has 1 heterocycles. The second-order valence-corrected chi connectivity index (χ2v) is 4.97. The highest BCUT2D eigenvalue weighted by molar-refractivity contribution is 6.11. The minimum atomic E-state index is -0.465. The first kappa shape index (κ1) is 15.4. The lowest BCUT2D eigenvalue weighted by atomic mass is 10.1. The SMILES string of the molecule is COC(=O)c1ccc(NC(=O)c2n[nH]c(=O)c3ccccc23)cc1. The monoisotopic (exact) mass is 323 g/mol. The van der Waals surface area contributed by atoms with Crippen molar-refractivity contribution in [1.29, 1.82) is 0 Å². The first-order chi connectivity index (χ1) is 11.6. The predicted octanol–water partition coefficient (Wildman–Crippen LogP) is 1.96. The highest BCUT2D eigenvalue weighted by Gasteiger charge is 2.14. The standard InChI is InChI=1S/C17H13N3O4/c1-24-17(23)10-6-8-11(9-7-10)18-16(22)14-12-4-2-3-5-13(12)15(21)20-19-14/h2-9H,1H3,(H,18,22)(H,20,21). The Morgan fingerprint density at radius 1 is 1.04 bits per heavy atom. The van der Waals surface area contributed by atoms with Gasteiger partial charge < -0.3 is 10.1 Å². The number of rotatable bonds is 3. The molecule has 0 fully saturated rings. The Morgan fingerprint density at radius 3 is 2.38 bits per heavy atom. The minimum Gasteiger partial charge on any atom is -0.465 e. The molecule has 2 aromatic carbocycles. The molecule has 0 saturated carbocycles. The van der Waals surface area contributed by atoms with Crippen LogP contribution in [0.2, 0.25) is 0 Å². The molecule has 7 heteroatoms. The zero-order chi connectivity index (χ0) is 17.1. The molecule has 0 radical (unpaired) electrons. The van der Waals surface area contributed by atoms with E-state index in [9.17, 15) is 14.4 Å². The van der Waals surface area contributed by atoms with Crippen LogP contribution >= 0.6 is 0 Å². The van der Waals surface area contributed by atoms with E-state index in [0.29, 0.717) is 22.0 Å². The average Bonchev–Trinajstić information content (AvgIpc) is 2.62. The second kappa shape index (κ2) is 6.33. The van der Waals surface area contributed by atoms with Gasteiger partial charge in [0, 0.05) is 11.1 Å². The van der Waals surface area contributed by atoms with E-state index in [1.807, 2.05) is 0 Å². The number of hydrogen-bond donors (Lipinski definition) is 2. The number of nitrogens with one attached hydrogen (secondary N) is 2. The summed E-state index contributed by atoms with van der Waals surface area (Å²) in [5, 5.41) is 9.68. The van der Waals surface area contributed by atoms with Gasteiger partial charge in [0.1, 0.15) is 0 Å². The number of benzene rings is 2. The van der Waals surface area contributed by atoms with Crippen molar-refractivity contribution in [3.05, 3.63) is 70.1 Å². The van der Waals surface area contributed by atoms with Gasteiger partial charge in [0.2, 0.25) is 0 Å². The molecule has 7 nitrogen and oxygen atoms in total. The van der Waals surface area contributed by atoms with Crippen LogP contribution < -0.4 is 10.9 Å². The number of carbonyl (C=O) groups excluding carboxylic acids is 2. The third-order valence-electron chi connectivity index (χ3n) is 3.48. The number of nitrogens with zero attached hydrogens (tertiary/aromatic N) is 1. The van der Waals surface area contributed by atoms with Gasteiger partial charge in [-0.2, -0.15) is 5.10 Å². The van der Waals surface area contributed by atoms with Crippen molar-refractivity contribution >= 4 is 28.3 Å². The Bertz CT molecular complexity index is 977. The van der Waals surface area contributed by atoms with Crippen LogP contribution in [-0.2, 0) is 4.74 Å². The molecule has 0 aliphatic heterocycles. The van der Waals surface area contributed by atoms with Crippen LogP contribution in [0.5, 0.6) is 0 Å². The zero-order valence-corrected chi connectivity index (χ0v) is 12.7. The zero-order valence-electron chi connectivity index (χ0n) is 12.7. The Hall–Kier alpha value is -3.48. The molecule has 0 aliphatic carbocycles. The van der Waals surface area contributed by atoms with Crippen molar-refractivity contribution < 1.29 is 14.3 Å². The fraction of sp³-hybridized carbons (Fsp3) is 0.0588. The smallest absolute Gasteiger partial charge is 0.337 e. The van der Waals surface area contributed by atoms with Gasteiger partial charge in [-0.1, -0.05) is 18.2 Å². The minimum absolute atomic E-state index is 0.113. The molecule has 24 heavy (non-hydrogen) atoms. The summed E-state index contributed by atoms with van der Waals surface area (Å²) < 4.78 is 4.62. The Kier molecular flexibility index (Phi) is 4.07. The number of aromatic amines is 1. The van der Waals surface area contributed by atoms with Crippen LogP contribution in [-0.4, -0.2) is 29.2 Å². The number of fused-ring (bicyclic) bond motifs is 1. The third kappa shape index (κ3) is 2.87. The Balaban J connectivity index is 1.89. The number of ether oxygens (including phenoxy) is 1. The molecule has 120 valence electrons. The number of esters is 1. The van der Waals surface area contributed by atoms with Crippen LogP contribution in [0.4, 0.5) is 5.69 Å². The first-order valence-corrected chi connectivity index (χ1v) is 7.07. The lowest BCUT2D eigenvalue weighted by Gasteiger charge is -2.07. The Labute approximate surface area is 136 Å². The maximum atomic E-state index is 12.4. The number of H-pyrrole nitrogens is 1. The van der Waals surface area contributed by atoms with E-state index in [0.717, 1.165) is 0 Å². The molecule has 2 N–H and O–H groups in total. The summed E-state index contributed by atoms with van der Waals surface area (Å²) in [5.74, 6) is -0.922. The predicted molar refractivity (Wildman–Crippen MR) is 88.1 cm³/mol. The van der Waals surface area contributed by atoms with Crippen molar-refractivity contribution in [2.24, 2.45) is 0 Å². The molecule has 0 saturated heterocycles. The molecule has 3 aromatic rings. The van der Waals surface area contributed by atoms with Gasteiger partial charge >= 0.3 is 5.97 Å². The summed E-state index contributed by atoms with van der Waals surface area (Å²) >= 11 is 0. The highest BCUT2D eigenvalue weighted by Crippen LogP contribution is 2.15. The van der Waals surface area contributed by atoms with Crippen molar-refractivity contribution in [1.82, 2.24) is 10.2 Å². The maximum Gasteiger partial charge on any atom is 0.337 e. The normalized spacial score (nSPS) is 10.4. The number of amides is 1. The summed E-state index contributed by atoms with van der Waals surface area (Å²) in [6, 6.07) is 13.0. The fourth-order valence-electron chi connectivity index (χ4n) is 2.29. The first-order valence-electron chi connectivity index (χ1n) is 7.07. The molecule has 0 spiro atoms. The largest absolute Gasteiger partial charge is 0.465 e. The number of methoxy groups -OCH3 is 1. The van der Waals surface area contributed by atoms with Crippen LogP contribution in [0, 0.1) is 0 Å². The van der Waals surface area contributed by atoms with Crippen LogP contribution in [0.25, 0.3) is 10.8 Å². The van der Waals surface area contributed by atoms with E-state index in [1.165, 1.54) is 7.11 Å². The summed E-state index contributed by atoms with van der Waals surface area (Å²) in [6.07, 6.45) is 0. The maximum absolute atomic E-state index is 12.4. The molecule has 1 aromatic heterocycles. The highest BCUT2D eigenvalue weighted by atomic mass is 16.5. The van der Waals surface area contributed by atoms with Gasteiger partial charge in [-0.3, -0.25) is 9.59 Å². The van der Waals surface area contributed by atoms with Crippen LogP contribution in [0.1, 0.15) is 20.8 Å². The summed E-state index contributed by atoms with van der Waals surface area (Å²) in [7, 11) is 1.30. The van der Waals surface area contributed by atoms with Crippen molar-refractivity contribution in [2.75, 3.05) is 12.4 Å². The number of anilines is 1. The molecule has 0 atom stereocenters. The van der Waals surface area contributed by atoms with E-state index in [-0.39, 0.29) is 11.3 Å². The topological polar surface area (TPSA) is 101 Å². The van der Waals surface area contributed by atoms with E-state index < -0.39 is 11.9 Å². The van der Waals surface area contributed by atoms with Crippen molar-refractivity contribution in [3.63, 3.8) is 0 Å². The average molecular weight is 323 g/mol. The number of carbonyl (C=O) groups is 2. The fourth-order valence-corrected chi connectivity index (χ4v) is 2.29. The lowest BCUT2D eigenvalue weighted by molar-refractivity contribution is 0.0600. The molecular formula is C17H13N3O4. The summed E-state index contributed by atoms with van der Waals surface area (Å²) in [4.78, 5) is 35.6. The molecular weight excluding hydrogens is 310 g/mol. The number of aromatic nitrogens is 2. The third-order valence-corrected chi connectivity index (χ3v) is 3.48. The van der Waals surface area contributed by atoms with Gasteiger partial charge in [-0.05, 0) is 30.3 Å². The molecule has 1 amide bonds. The van der Waals surface area contributed by atoms with Gasteiger partial charge in [0.15, 0.2) is 5.69 Å². The summed E-state index contributed by atoms with van der Waals surface area (Å²) in [6.45, 7) is 0. The number of hydrogen-bond acceptors (Lipinski definition) is 5. The van der Waals surface area contributed by atoms with Crippen LogP contribution in [0.15, 0.2) is 53.3 Å². The van der Waals surface area contributed by atoms with Gasteiger partial charge in [-0.25, -0.2) is 9.89 Å². The molecule has 3 rings (SSSR count). The van der Waals surface area contributed by atoms with E-state index in [2.05, 4.69) is 20.3 Å². The van der Waals surface area contributed by atoms with Gasteiger partial charge in [0.05, 0.1) is 18.1 Å².